The predicted molar refractivity (Wildman–Crippen MR) is 81.5 cm³/mol. The van der Waals surface area contributed by atoms with Crippen LogP contribution in [0.3, 0.4) is 0 Å². The number of hydrogen-bond acceptors (Lipinski definition) is 6. The highest BCUT2D eigenvalue weighted by Crippen LogP contribution is 2.32. The van der Waals surface area contributed by atoms with Crippen molar-refractivity contribution in [2.24, 2.45) is 0 Å². The molecule has 0 bridgehead atoms. The van der Waals surface area contributed by atoms with E-state index in [1.54, 1.807) is 20.3 Å². The van der Waals surface area contributed by atoms with Gasteiger partial charge in [0.15, 0.2) is 0 Å². The second kappa shape index (κ2) is 6.39. The molecule has 2 rings (SSSR count). The first-order valence-corrected chi connectivity index (χ1v) is 6.89. The summed E-state index contributed by atoms with van der Waals surface area (Å²) in [5, 5.41) is 0. The molecular weight excluding hydrogens is 268 g/mol. The van der Waals surface area contributed by atoms with Crippen LogP contribution in [0, 0.1) is 0 Å². The molecule has 0 saturated carbocycles. The van der Waals surface area contributed by atoms with E-state index in [1.807, 2.05) is 19.9 Å². The van der Waals surface area contributed by atoms with Crippen LogP contribution in [0.4, 0.5) is 5.82 Å². The molecule has 2 aromatic heterocycles. The highest BCUT2D eigenvalue weighted by atomic mass is 16.5. The van der Waals surface area contributed by atoms with Crippen LogP contribution in [0.5, 0.6) is 11.8 Å². The smallest absolute Gasteiger partial charge is 0.226 e. The minimum Gasteiger partial charge on any atom is -0.481 e. The highest BCUT2D eigenvalue weighted by molar-refractivity contribution is 5.68. The lowest BCUT2D eigenvalue weighted by molar-refractivity contribution is 0.365. The molecule has 6 heteroatoms. The number of hydrogen-bond donors (Lipinski definition) is 1. The minimum atomic E-state index is 0.463. The molecule has 0 radical (unpaired) electrons. The maximum atomic E-state index is 5.93. The van der Waals surface area contributed by atoms with Gasteiger partial charge in [0.05, 0.1) is 36.9 Å². The van der Waals surface area contributed by atoms with Gasteiger partial charge in [-0.05, 0) is 18.9 Å². The normalized spacial score (nSPS) is 10.5. The van der Waals surface area contributed by atoms with Gasteiger partial charge < -0.3 is 15.2 Å². The summed E-state index contributed by atoms with van der Waals surface area (Å²) in [4.78, 5) is 13.4. The summed E-state index contributed by atoms with van der Waals surface area (Å²) in [6, 6.07) is 3.66. The summed E-state index contributed by atoms with van der Waals surface area (Å²) in [5.41, 5.74) is 9.09. The van der Waals surface area contributed by atoms with Gasteiger partial charge in [-0.25, -0.2) is 9.97 Å². The molecule has 0 saturated heterocycles. The van der Waals surface area contributed by atoms with Crippen LogP contribution in [0.15, 0.2) is 12.1 Å². The van der Waals surface area contributed by atoms with Crippen LogP contribution in [-0.4, -0.2) is 29.2 Å². The standard InChI is InChI=1S/C15H20N4O2/c1-5-10-13(17-11(6-2)14(16)18-10)9-7-8-12(20-3)19-15(9)21-4/h7-8H,5-6H2,1-4H3,(H2,16,18). The zero-order valence-electron chi connectivity index (χ0n) is 12.8. The van der Waals surface area contributed by atoms with Crippen molar-refractivity contribution in [2.75, 3.05) is 20.0 Å². The molecule has 0 fully saturated rings. The lowest BCUT2D eigenvalue weighted by atomic mass is 10.1. The van der Waals surface area contributed by atoms with Gasteiger partial charge in [-0.15, -0.1) is 0 Å². The van der Waals surface area contributed by atoms with Crippen LogP contribution in [0.2, 0.25) is 0 Å². The molecule has 21 heavy (non-hydrogen) atoms. The molecule has 0 aliphatic rings. The van der Waals surface area contributed by atoms with E-state index in [9.17, 15) is 0 Å². The van der Waals surface area contributed by atoms with Crippen LogP contribution in [0.1, 0.15) is 25.2 Å². The largest absolute Gasteiger partial charge is 0.481 e. The quantitative estimate of drug-likeness (QED) is 0.908. The third kappa shape index (κ3) is 2.89. The second-order valence-corrected chi connectivity index (χ2v) is 4.47. The van der Waals surface area contributed by atoms with Gasteiger partial charge in [-0.1, -0.05) is 13.8 Å². The molecule has 2 heterocycles. The van der Waals surface area contributed by atoms with Crippen molar-refractivity contribution < 1.29 is 9.47 Å². The summed E-state index contributed by atoms with van der Waals surface area (Å²) in [7, 11) is 3.14. The van der Waals surface area contributed by atoms with E-state index >= 15 is 0 Å². The van der Waals surface area contributed by atoms with Crippen LogP contribution in [0.25, 0.3) is 11.3 Å². The number of nitrogens with two attached hydrogens (primary N) is 1. The first-order valence-electron chi connectivity index (χ1n) is 6.89. The Morgan fingerprint density at radius 2 is 1.67 bits per heavy atom. The molecule has 0 amide bonds. The Bertz CT molecular complexity index is 644. The van der Waals surface area contributed by atoms with Crippen molar-refractivity contribution in [3.8, 4) is 23.0 Å². The molecule has 112 valence electrons. The number of nitrogens with zero attached hydrogens (tertiary/aromatic N) is 3. The Balaban J connectivity index is 2.65. The Hall–Kier alpha value is -2.37. The van der Waals surface area contributed by atoms with Gasteiger partial charge in [0.2, 0.25) is 11.8 Å². The lowest BCUT2D eigenvalue weighted by Crippen LogP contribution is -2.07. The molecule has 2 aromatic rings. The number of rotatable bonds is 5. The van der Waals surface area contributed by atoms with Gasteiger partial charge >= 0.3 is 0 Å². The van der Waals surface area contributed by atoms with E-state index in [0.717, 1.165) is 35.5 Å². The molecule has 0 aliphatic heterocycles. The monoisotopic (exact) mass is 288 g/mol. The Morgan fingerprint density at radius 3 is 2.24 bits per heavy atom. The molecule has 0 atom stereocenters. The van der Waals surface area contributed by atoms with Crippen LogP contribution in [-0.2, 0) is 12.8 Å². The van der Waals surface area contributed by atoms with Gasteiger partial charge in [-0.3, -0.25) is 0 Å². The SMILES string of the molecule is CCc1nc(-c2ccc(OC)nc2OC)c(CC)nc1N. The summed E-state index contributed by atoms with van der Waals surface area (Å²) in [6.45, 7) is 4.02. The molecule has 0 spiro atoms. The van der Waals surface area contributed by atoms with Gasteiger partial charge in [0.25, 0.3) is 0 Å². The van der Waals surface area contributed by atoms with Crippen LogP contribution < -0.4 is 15.2 Å². The van der Waals surface area contributed by atoms with Gasteiger partial charge in [0.1, 0.15) is 5.82 Å². The molecule has 0 aliphatic carbocycles. The number of pyridine rings is 1. The maximum absolute atomic E-state index is 5.93. The minimum absolute atomic E-state index is 0.463. The molecule has 0 unspecified atom stereocenters. The first kappa shape index (κ1) is 15.0. The van der Waals surface area contributed by atoms with Crippen molar-refractivity contribution in [1.29, 1.82) is 0 Å². The summed E-state index contributed by atoms with van der Waals surface area (Å²) < 4.78 is 10.5. The molecule has 2 N–H and O–H groups in total. The summed E-state index contributed by atoms with van der Waals surface area (Å²) in [5.74, 6) is 1.44. The van der Waals surface area contributed by atoms with E-state index in [1.165, 1.54) is 0 Å². The zero-order chi connectivity index (χ0) is 15.4. The topological polar surface area (TPSA) is 83.2 Å². The number of anilines is 1. The summed E-state index contributed by atoms with van der Waals surface area (Å²) in [6.07, 6.45) is 1.45. The van der Waals surface area contributed by atoms with E-state index in [4.69, 9.17) is 15.2 Å². The number of methoxy groups -OCH3 is 2. The Kier molecular flexibility index (Phi) is 4.57. The van der Waals surface area contributed by atoms with Gasteiger partial charge in [0, 0.05) is 6.07 Å². The predicted octanol–water partition coefficient (Wildman–Crippen LogP) is 2.26. The third-order valence-electron chi connectivity index (χ3n) is 3.23. The Labute approximate surface area is 124 Å². The third-order valence-corrected chi connectivity index (χ3v) is 3.23. The highest BCUT2D eigenvalue weighted by Gasteiger charge is 2.17. The Morgan fingerprint density at radius 1 is 0.952 bits per heavy atom. The number of aromatic nitrogens is 3. The fourth-order valence-corrected chi connectivity index (χ4v) is 2.11. The zero-order valence-corrected chi connectivity index (χ0v) is 12.8. The molecular formula is C15H20N4O2. The van der Waals surface area contributed by atoms with Gasteiger partial charge in [-0.2, -0.15) is 4.98 Å². The number of aryl methyl sites for hydroxylation is 2. The van der Waals surface area contributed by atoms with E-state index in [0.29, 0.717) is 17.6 Å². The van der Waals surface area contributed by atoms with Crippen LogP contribution >= 0.6 is 0 Å². The maximum Gasteiger partial charge on any atom is 0.226 e. The average Bonchev–Trinajstić information content (AvgIpc) is 2.53. The average molecular weight is 288 g/mol. The number of nitrogen functional groups attached to an aromatic ring is 1. The van der Waals surface area contributed by atoms with E-state index < -0.39 is 0 Å². The summed E-state index contributed by atoms with van der Waals surface area (Å²) >= 11 is 0. The fourth-order valence-electron chi connectivity index (χ4n) is 2.11. The second-order valence-electron chi connectivity index (χ2n) is 4.47. The van der Waals surface area contributed by atoms with E-state index in [-0.39, 0.29) is 0 Å². The van der Waals surface area contributed by atoms with Crippen molar-refractivity contribution in [3.63, 3.8) is 0 Å². The first-order chi connectivity index (χ1) is 10.1. The van der Waals surface area contributed by atoms with Crippen molar-refractivity contribution >= 4 is 5.82 Å². The lowest BCUT2D eigenvalue weighted by Gasteiger charge is -2.13. The van der Waals surface area contributed by atoms with Crippen molar-refractivity contribution in [3.05, 3.63) is 23.5 Å². The molecule has 6 nitrogen and oxygen atoms in total. The fraction of sp³-hybridized carbons (Fsp3) is 0.400. The molecule has 0 aromatic carbocycles. The van der Waals surface area contributed by atoms with E-state index in [2.05, 4.69) is 15.0 Å². The number of ether oxygens (including phenoxy) is 2. The van der Waals surface area contributed by atoms with Crippen molar-refractivity contribution in [1.82, 2.24) is 15.0 Å². The van der Waals surface area contributed by atoms with Crippen molar-refractivity contribution in [2.45, 2.75) is 26.7 Å².